The molecule has 0 bridgehead atoms. The molecule has 3 aromatic rings. The predicted molar refractivity (Wildman–Crippen MR) is 116 cm³/mol. The molecule has 0 saturated carbocycles. The summed E-state index contributed by atoms with van der Waals surface area (Å²) >= 11 is 9.36. The molecule has 0 aliphatic carbocycles. The lowest BCUT2D eigenvalue weighted by atomic mass is 10.1. The quantitative estimate of drug-likeness (QED) is 0.593. The van der Waals surface area contributed by atoms with E-state index >= 15 is 0 Å². The Bertz CT molecular complexity index is 955. The average molecular weight is 460 g/mol. The third-order valence-electron chi connectivity index (χ3n) is 4.87. The highest BCUT2D eigenvalue weighted by molar-refractivity contribution is 9.10. The zero-order valence-corrected chi connectivity index (χ0v) is 17.5. The number of anilines is 1. The number of aromatic nitrogens is 2. The summed E-state index contributed by atoms with van der Waals surface area (Å²) in [4.78, 5) is 14.5. The van der Waals surface area contributed by atoms with Crippen molar-refractivity contribution in [1.29, 1.82) is 0 Å². The van der Waals surface area contributed by atoms with Gasteiger partial charge in [0, 0.05) is 34.7 Å². The number of benzene rings is 2. The minimum absolute atomic E-state index is 0.0538. The lowest BCUT2D eigenvalue weighted by Crippen LogP contribution is -2.38. The standard InChI is InChI=1S/C21H20BrClN4O/c22-16-5-1-14(2-6-16)11-21(28)24-18-9-10-27(13-18)20-12-19(25-26-20)15-3-7-17(23)8-4-15/h1-8,12,18H,9-11,13H2,(H,24,28)(H,25,26)/t18-/m0/s1. The van der Waals surface area contributed by atoms with Gasteiger partial charge in [-0.1, -0.05) is 51.8 Å². The van der Waals surface area contributed by atoms with Crippen LogP contribution >= 0.6 is 27.5 Å². The summed E-state index contributed by atoms with van der Waals surface area (Å²) in [6.45, 7) is 1.63. The fourth-order valence-corrected chi connectivity index (χ4v) is 3.79. The fraction of sp³-hybridized carbons (Fsp3) is 0.238. The number of nitrogens with one attached hydrogen (secondary N) is 2. The molecule has 0 unspecified atom stereocenters. The van der Waals surface area contributed by atoms with Gasteiger partial charge < -0.3 is 10.2 Å². The molecule has 1 saturated heterocycles. The number of rotatable bonds is 5. The topological polar surface area (TPSA) is 61.0 Å². The highest BCUT2D eigenvalue weighted by atomic mass is 79.9. The molecule has 1 aromatic heterocycles. The molecular weight excluding hydrogens is 440 g/mol. The van der Waals surface area contributed by atoms with Crippen molar-refractivity contribution >= 4 is 39.3 Å². The number of carbonyl (C=O) groups is 1. The summed E-state index contributed by atoms with van der Waals surface area (Å²) in [5.41, 5.74) is 3.01. The van der Waals surface area contributed by atoms with Crippen LogP contribution < -0.4 is 10.2 Å². The second-order valence-electron chi connectivity index (χ2n) is 6.95. The van der Waals surface area contributed by atoms with Crippen molar-refractivity contribution in [2.75, 3.05) is 18.0 Å². The average Bonchev–Trinajstić information content (AvgIpc) is 3.34. The normalized spacial score (nSPS) is 16.4. The molecule has 7 heteroatoms. The molecule has 0 spiro atoms. The maximum absolute atomic E-state index is 12.3. The van der Waals surface area contributed by atoms with Gasteiger partial charge >= 0.3 is 0 Å². The highest BCUT2D eigenvalue weighted by Gasteiger charge is 2.25. The van der Waals surface area contributed by atoms with E-state index in [1.165, 1.54) is 0 Å². The molecule has 0 radical (unpaired) electrons. The van der Waals surface area contributed by atoms with E-state index in [0.29, 0.717) is 11.4 Å². The van der Waals surface area contributed by atoms with Gasteiger partial charge in [0.25, 0.3) is 0 Å². The van der Waals surface area contributed by atoms with Gasteiger partial charge in [0.15, 0.2) is 5.82 Å². The Morgan fingerprint density at radius 3 is 2.71 bits per heavy atom. The molecule has 5 nitrogen and oxygen atoms in total. The smallest absolute Gasteiger partial charge is 0.224 e. The first kappa shape index (κ1) is 19.0. The summed E-state index contributed by atoms with van der Waals surface area (Å²) in [5.74, 6) is 0.952. The Labute approximate surface area is 177 Å². The first-order valence-corrected chi connectivity index (χ1v) is 10.3. The van der Waals surface area contributed by atoms with Crippen LogP contribution in [0.2, 0.25) is 5.02 Å². The number of amides is 1. The molecule has 2 heterocycles. The van der Waals surface area contributed by atoms with Crippen molar-refractivity contribution in [2.45, 2.75) is 18.9 Å². The number of halogens is 2. The molecule has 1 aliphatic heterocycles. The van der Waals surface area contributed by atoms with Crippen molar-refractivity contribution in [1.82, 2.24) is 15.5 Å². The molecule has 2 aromatic carbocycles. The molecule has 28 heavy (non-hydrogen) atoms. The fourth-order valence-electron chi connectivity index (χ4n) is 3.40. The lowest BCUT2D eigenvalue weighted by molar-refractivity contribution is -0.121. The molecule has 1 fully saturated rings. The van der Waals surface area contributed by atoms with Crippen molar-refractivity contribution in [2.24, 2.45) is 0 Å². The van der Waals surface area contributed by atoms with Gasteiger partial charge in [0.2, 0.25) is 5.91 Å². The summed E-state index contributed by atoms with van der Waals surface area (Å²) in [6.07, 6.45) is 1.31. The number of nitrogens with zero attached hydrogens (tertiary/aromatic N) is 2. The van der Waals surface area contributed by atoms with Crippen LogP contribution in [-0.4, -0.2) is 35.2 Å². The number of hydrogen-bond donors (Lipinski definition) is 2. The second kappa shape index (κ2) is 8.37. The summed E-state index contributed by atoms with van der Waals surface area (Å²) in [6, 6.07) is 17.7. The van der Waals surface area contributed by atoms with Crippen LogP contribution in [-0.2, 0) is 11.2 Å². The van der Waals surface area contributed by atoms with Crippen molar-refractivity contribution in [3.63, 3.8) is 0 Å². The molecule has 2 N–H and O–H groups in total. The van der Waals surface area contributed by atoms with Gasteiger partial charge in [-0.25, -0.2) is 0 Å². The van der Waals surface area contributed by atoms with Gasteiger partial charge in [-0.3, -0.25) is 9.89 Å². The van der Waals surface area contributed by atoms with Gasteiger partial charge in [-0.2, -0.15) is 5.10 Å². The Morgan fingerprint density at radius 2 is 1.96 bits per heavy atom. The molecule has 1 amide bonds. The first-order valence-electron chi connectivity index (χ1n) is 9.17. The van der Waals surface area contributed by atoms with E-state index in [1.807, 2.05) is 54.6 Å². The van der Waals surface area contributed by atoms with Gasteiger partial charge in [-0.15, -0.1) is 0 Å². The van der Waals surface area contributed by atoms with Crippen LogP contribution in [0.1, 0.15) is 12.0 Å². The number of aromatic amines is 1. The van der Waals surface area contributed by atoms with Gasteiger partial charge in [-0.05, 0) is 41.8 Å². The van der Waals surface area contributed by atoms with E-state index in [2.05, 4.69) is 36.3 Å². The Hall–Kier alpha value is -2.31. The molecular formula is C21H20BrClN4O. The third kappa shape index (κ3) is 4.56. The van der Waals surface area contributed by atoms with E-state index in [9.17, 15) is 4.79 Å². The summed E-state index contributed by atoms with van der Waals surface area (Å²) < 4.78 is 1.01. The predicted octanol–water partition coefficient (Wildman–Crippen LogP) is 4.43. The Kier molecular flexibility index (Phi) is 5.69. The summed E-state index contributed by atoms with van der Waals surface area (Å²) in [7, 11) is 0. The van der Waals surface area contributed by atoms with E-state index in [-0.39, 0.29) is 11.9 Å². The molecule has 1 aliphatic rings. The van der Waals surface area contributed by atoms with Gasteiger partial charge in [0.1, 0.15) is 0 Å². The number of H-pyrrole nitrogens is 1. The monoisotopic (exact) mass is 458 g/mol. The van der Waals surface area contributed by atoms with Crippen molar-refractivity contribution in [3.05, 3.63) is 69.7 Å². The molecule has 144 valence electrons. The number of hydrogen-bond acceptors (Lipinski definition) is 3. The SMILES string of the molecule is O=C(Cc1ccc(Br)cc1)N[C@H]1CCN(c2cc(-c3ccc(Cl)cc3)[nH]n2)C1. The highest BCUT2D eigenvalue weighted by Crippen LogP contribution is 2.25. The Balaban J connectivity index is 1.33. The second-order valence-corrected chi connectivity index (χ2v) is 8.30. The third-order valence-corrected chi connectivity index (χ3v) is 5.66. The largest absolute Gasteiger partial charge is 0.353 e. The van der Waals surface area contributed by atoms with Crippen LogP contribution in [0.4, 0.5) is 5.82 Å². The van der Waals surface area contributed by atoms with Crippen LogP contribution in [0.5, 0.6) is 0 Å². The molecule has 4 rings (SSSR count). The minimum Gasteiger partial charge on any atom is -0.353 e. The van der Waals surface area contributed by atoms with E-state index < -0.39 is 0 Å². The first-order chi connectivity index (χ1) is 13.6. The summed E-state index contributed by atoms with van der Waals surface area (Å²) in [5, 5.41) is 11.4. The van der Waals surface area contributed by atoms with E-state index in [0.717, 1.165) is 46.6 Å². The molecule has 1 atom stereocenters. The minimum atomic E-state index is 0.0538. The zero-order chi connectivity index (χ0) is 19.5. The van der Waals surface area contributed by atoms with E-state index in [4.69, 9.17) is 11.6 Å². The van der Waals surface area contributed by atoms with Crippen molar-refractivity contribution < 1.29 is 4.79 Å². The van der Waals surface area contributed by atoms with E-state index in [1.54, 1.807) is 0 Å². The van der Waals surface area contributed by atoms with Crippen LogP contribution in [0.15, 0.2) is 59.1 Å². The maximum Gasteiger partial charge on any atom is 0.224 e. The maximum atomic E-state index is 12.3. The van der Waals surface area contributed by atoms with Crippen LogP contribution in [0, 0.1) is 0 Å². The number of carbonyl (C=O) groups excluding carboxylic acids is 1. The lowest BCUT2D eigenvalue weighted by Gasteiger charge is -2.16. The zero-order valence-electron chi connectivity index (χ0n) is 15.2. The van der Waals surface area contributed by atoms with Crippen molar-refractivity contribution in [3.8, 4) is 11.3 Å². The van der Waals surface area contributed by atoms with Crippen LogP contribution in [0.3, 0.4) is 0 Å². The Morgan fingerprint density at radius 1 is 1.21 bits per heavy atom. The van der Waals surface area contributed by atoms with Crippen LogP contribution in [0.25, 0.3) is 11.3 Å². The van der Waals surface area contributed by atoms with Gasteiger partial charge in [0.05, 0.1) is 12.1 Å².